The summed E-state index contributed by atoms with van der Waals surface area (Å²) in [6.45, 7) is 13.9. The molecule has 0 N–H and O–H groups in total. The largest absolute Gasteiger partial charge is 0.498 e. The van der Waals surface area contributed by atoms with E-state index in [0.29, 0.717) is 12.0 Å². The zero-order valence-electron chi connectivity index (χ0n) is 32.9. The normalized spacial score (nSPS) is 13.0. The molecule has 0 aromatic carbocycles. The van der Waals surface area contributed by atoms with Crippen LogP contribution in [0, 0.1) is 11.3 Å². The van der Waals surface area contributed by atoms with Crippen LogP contribution in [0.5, 0.6) is 0 Å². The van der Waals surface area contributed by atoms with E-state index in [-0.39, 0.29) is 5.41 Å². The van der Waals surface area contributed by atoms with Crippen LogP contribution in [-0.4, -0.2) is 6.10 Å². The van der Waals surface area contributed by atoms with Gasteiger partial charge in [-0.3, -0.25) is 0 Å². The zero-order chi connectivity index (χ0) is 34.5. The van der Waals surface area contributed by atoms with E-state index in [1.165, 1.54) is 161 Å². The van der Waals surface area contributed by atoms with Crippen LogP contribution in [0.15, 0.2) is 60.9 Å². The summed E-state index contributed by atoms with van der Waals surface area (Å²) >= 11 is 0. The quantitative estimate of drug-likeness (QED) is 0.0376. The maximum atomic E-state index is 6.40. The molecule has 0 rings (SSSR count). The lowest BCUT2D eigenvalue weighted by Gasteiger charge is -2.23. The van der Waals surface area contributed by atoms with Crippen LogP contribution in [0.3, 0.4) is 0 Å². The van der Waals surface area contributed by atoms with Crippen molar-refractivity contribution in [3.63, 3.8) is 0 Å². The van der Waals surface area contributed by atoms with Crippen LogP contribution >= 0.6 is 0 Å². The van der Waals surface area contributed by atoms with Crippen molar-refractivity contribution in [3.05, 3.63) is 60.9 Å². The lowest BCUT2D eigenvalue weighted by molar-refractivity contribution is 0.118. The highest BCUT2D eigenvalue weighted by molar-refractivity contribution is 4.94. The SMILES string of the molecule is CCCCC/C=C\C/C=C\CCCCCCCCC(CCCCCCCC/C=C\C/C=C\CCCCC)O/C=C/C(C)(C)CC(C)C. The van der Waals surface area contributed by atoms with Gasteiger partial charge in [0.15, 0.2) is 0 Å². The molecule has 274 valence electrons. The van der Waals surface area contributed by atoms with Crippen molar-refractivity contribution >= 4 is 0 Å². The van der Waals surface area contributed by atoms with Gasteiger partial charge in [0, 0.05) is 0 Å². The predicted molar refractivity (Wildman–Crippen MR) is 215 cm³/mol. The van der Waals surface area contributed by atoms with Crippen molar-refractivity contribution in [2.75, 3.05) is 0 Å². The van der Waals surface area contributed by atoms with E-state index in [9.17, 15) is 0 Å². The molecule has 1 heteroatoms. The minimum Gasteiger partial charge on any atom is -0.498 e. The summed E-state index contributed by atoms with van der Waals surface area (Å²) in [7, 11) is 0. The Hall–Kier alpha value is -1.50. The molecule has 0 amide bonds. The predicted octanol–water partition coefficient (Wildman–Crippen LogP) is 16.4. The number of rotatable bonds is 35. The molecule has 47 heavy (non-hydrogen) atoms. The van der Waals surface area contributed by atoms with Gasteiger partial charge in [0.05, 0.1) is 12.4 Å². The van der Waals surface area contributed by atoms with Gasteiger partial charge in [-0.15, -0.1) is 0 Å². The first-order chi connectivity index (χ1) is 22.9. The lowest BCUT2D eigenvalue weighted by atomic mass is 9.84. The van der Waals surface area contributed by atoms with E-state index in [0.717, 1.165) is 12.8 Å². The van der Waals surface area contributed by atoms with Gasteiger partial charge < -0.3 is 4.74 Å². The highest BCUT2D eigenvalue weighted by Crippen LogP contribution is 2.27. The number of hydrogen-bond donors (Lipinski definition) is 0. The second-order valence-electron chi connectivity index (χ2n) is 15.4. The van der Waals surface area contributed by atoms with Gasteiger partial charge in [0.25, 0.3) is 0 Å². The molecule has 0 aromatic heterocycles. The average molecular weight is 653 g/mol. The van der Waals surface area contributed by atoms with Crippen molar-refractivity contribution in [2.24, 2.45) is 11.3 Å². The lowest BCUT2D eigenvalue weighted by Crippen LogP contribution is -2.13. The minimum atomic E-state index is 0.207. The van der Waals surface area contributed by atoms with Crippen molar-refractivity contribution in [2.45, 2.75) is 221 Å². The van der Waals surface area contributed by atoms with Gasteiger partial charge in [-0.25, -0.2) is 0 Å². The molecule has 0 spiro atoms. The van der Waals surface area contributed by atoms with E-state index in [1.54, 1.807) is 0 Å². The molecule has 0 aromatic rings. The molecular weight excluding hydrogens is 569 g/mol. The van der Waals surface area contributed by atoms with Crippen LogP contribution in [0.1, 0.15) is 215 Å². The summed E-state index contributed by atoms with van der Waals surface area (Å²) < 4.78 is 6.40. The fourth-order valence-electron chi connectivity index (χ4n) is 6.46. The number of unbranched alkanes of at least 4 members (excludes halogenated alkanes) is 18. The van der Waals surface area contributed by atoms with Gasteiger partial charge in [0.2, 0.25) is 0 Å². The van der Waals surface area contributed by atoms with Crippen molar-refractivity contribution in [1.29, 1.82) is 0 Å². The zero-order valence-corrected chi connectivity index (χ0v) is 32.9. The highest BCUT2D eigenvalue weighted by Gasteiger charge is 2.16. The van der Waals surface area contributed by atoms with Crippen molar-refractivity contribution in [3.8, 4) is 0 Å². The molecule has 0 saturated heterocycles. The fraction of sp³-hybridized carbons (Fsp3) is 0.783. The number of hydrogen-bond acceptors (Lipinski definition) is 1. The maximum absolute atomic E-state index is 6.40. The molecule has 0 aliphatic rings. The first-order valence-electron chi connectivity index (χ1n) is 20.8. The topological polar surface area (TPSA) is 9.23 Å². The first-order valence-corrected chi connectivity index (χ1v) is 20.8. The monoisotopic (exact) mass is 653 g/mol. The second kappa shape index (κ2) is 35.8. The van der Waals surface area contributed by atoms with Crippen LogP contribution < -0.4 is 0 Å². The summed E-state index contributed by atoms with van der Waals surface area (Å²) in [6, 6.07) is 0. The Bertz CT molecular complexity index is 716. The Morgan fingerprint density at radius 2 is 0.830 bits per heavy atom. The Morgan fingerprint density at radius 1 is 0.468 bits per heavy atom. The van der Waals surface area contributed by atoms with Gasteiger partial charge >= 0.3 is 0 Å². The smallest absolute Gasteiger partial charge is 0.0978 e. The van der Waals surface area contributed by atoms with E-state index < -0.39 is 0 Å². The van der Waals surface area contributed by atoms with Crippen LogP contribution in [0.2, 0.25) is 0 Å². The van der Waals surface area contributed by atoms with Crippen LogP contribution in [-0.2, 0) is 4.74 Å². The summed E-state index contributed by atoms with van der Waals surface area (Å²) in [5, 5.41) is 0. The molecule has 0 aliphatic carbocycles. The second-order valence-corrected chi connectivity index (χ2v) is 15.4. The standard InChI is InChI=1S/C46H84O/c1-7-9-11-13-15-17-19-21-23-25-27-29-31-33-35-37-39-45(47-42-41-46(5,6)43-44(3)4)40-38-36-34-32-30-28-26-24-22-20-18-16-14-12-10-8-2/h15-18,21-24,41-42,44-45H,7-14,19-20,25-40,43H2,1-6H3/b17-15-,18-16-,23-21-,24-22-,42-41+. The van der Waals surface area contributed by atoms with E-state index in [4.69, 9.17) is 4.74 Å². The Morgan fingerprint density at radius 3 is 1.21 bits per heavy atom. The molecule has 0 unspecified atom stereocenters. The summed E-state index contributed by atoms with van der Waals surface area (Å²) in [5.41, 5.74) is 0.207. The fourth-order valence-corrected chi connectivity index (χ4v) is 6.46. The maximum Gasteiger partial charge on any atom is 0.0978 e. The average Bonchev–Trinajstić information content (AvgIpc) is 3.03. The van der Waals surface area contributed by atoms with E-state index in [1.807, 2.05) is 0 Å². The summed E-state index contributed by atoms with van der Waals surface area (Å²) in [4.78, 5) is 0. The van der Waals surface area contributed by atoms with Crippen molar-refractivity contribution in [1.82, 2.24) is 0 Å². The first kappa shape index (κ1) is 45.5. The molecule has 0 radical (unpaired) electrons. The number of ether oxygens (including phenoxy) is 1. The Kier molecular flexibility index (Phi) is 34.7. The highest BCUT2D eigenvalue weighted by atomic mass is 16.5. The molecule has 0 atom stereocenters. The Balaban J connectivity index is 4.13. The molecule has 0 heterocycles. The molecule has 1 nitrogen and oxygen atoms in total. The van der Waals surface area contributed by atoms with E-state index >= 15 is 0 Å². The molecule has 0 fully saturated rings. The van der Waals surface area contributed by atoms with Gasteiger partial charge in [0.1, 0.15) is 0 Å². The van der Waals surface area contributed by atoms with Crippen LogP contribution in [0.4, 0.5) is 0 Å². The van der Waals surface area contributed by atoms with Crippen molar-refractivity contribution < 1.29 is 4.74 Å². The third kappa shape index (κ3) is 37.2. The third-order valence-corrected chi connectivity index (χ3v) is 9.18. The molecular formula is C46H84O. The summed E-state index contributed by atoms with van der Waals surface area (Å²) in [6.07, 6.45) is 58.7. The number of allylic oxidation sites excluding steroid dienone is 9. The Labute approximate surface area is 297 Å². The molecule has 0 bridgehead atoms. The van der Waals surface area contributed by atoms with Crippen LogP contribution in [0.25, 0.3) is 0 Å². The third-order valence-electron chi connectivity index (χ3n) is 9.18. The van der Waals surface area contributed by atoms with Gasteiger partial charge in [-0.05, 0) is 114 Å². The molecule has 0 saturated carbocycles. The van der Waals surface area contributed by atoms with E-state index in [2.05, 4.69) is 102 Å². The minimum absolute atomic E-state index is 0.207. The van der Waals surface area contributed by atoms with Gasteiger partial charge in [-0.2, -0.15) is 0 Å². The molecule has 0 aliphatic heterocycles. The van der Waals surface area contributed by atoms with Gasteiger partial charge in [-0.1, -0.05) is 167 Å². The summed E-state index contributed by atoms with van der Waals surface area (Å²) in [5.74, 6) is 0.710.